The summed E-state index contributed by atoms with van der Waals surface area (Å²) in [6.45, 7) is 0.787. The van der Waals surface area contributed by atoms with E-state index in [-0.39, 0.29) is 17.7 Å². The Morgan fingerprint density at radius 2 is 1.73 bits per heavy atom. The average molecular weight is 478 g/mol. The second-order valence-electron chi connectivity index (χ2n) is 6.93. The van der Waals surface area contributed by atoms with Gasteiger partial charge in [-0.3, -0.25) is 19.4 Å². The highest BCUT2D eigenvalue weighted by molar-refractivity contribution is 7.89. The van der Waals surface area contributed by atoms with Crippen LogP contribution in [0.2, 0.25) is 0 Å². The molecule has 1 aromatic carbocycles. The summed E-state index contributed by atoms with van der Waals surface area (Å²) in [4.78, 5) is 39.9. The number of carboxylic acid groups (broad SMARTS) is 1. The van der Waals surface area contributed by atoms with E-state index in [9.17, 15) is 22.8 Å². The van der Waals surface area contributed by atoms with E-state index in [1.807, 2.05) is 7.05 Å². The first-order valence-electron chi connectivity index (χ1n) is 10.3. The van der Waals surface area contributed by atoms with Crippen LogP contribution < -0.4 is 16.1 Å². The lowest BCUT2D eigenvalue weighted by atomic mass is 10.2. The van der Waals surface area contributed by atoms with Crippen molar-refractivity contribution in [2.45, 2.75) is 24.2 Å². The van der Waals surface area contributed by atoms with Crippen molar-refractivity contribution in [3.05, 3.63) is 59.9 Å². The van der Waals surface area contributed by atoms with E-state index >= 15 is 0 Å². The predicted molar refractivity (Wildman–Crippen MR) is 120 cm³/mol. The van der Waals surface area contributed by atoms with Crippen molar-refractivity contribution < 1.29 is 27.9 Å². The highest BCUT2D eigenvalue weighted by Crippen LogP contribution is 2.20. The molecule has 0 atom stereocenters. The molecule has 0 aliphatic rings. The molecule has 4 N–H and O–H groups in total. The Labute approximate surface area is 192 Å². The number of aromatic nitrogens is 1. The summed E-state index contributed by atoms with van der Waals surface area (Å²) in [5.74, 6) is -2.73. The van der Waals surface area contributed by atoms with Gasteiger partial charge in [0.2, 0.25) is 0 Å². The van der Waals surface area contributed by atoms with E-state index in [0.29, 0.717) is 17.4 Å². The second kappa shape index (κ2) is 12.6. The molecule has 2 rings (SSSR count). The first-order chi connectivity index (χ1) is 15.8. The number of hydrogen-bond acceptors (Lipinski definition) is 8. The molecule has 2 amide bonds. The predicted octanol–water partition coefficient (Wildman–Crippen LogP) is 0.621. The van der Waals surface area contributed by atoms with Crippen LogP contribution in [0.15, 0.2) is 53.7 Å². The molecule has 2 aromatic rings. The minimum Gasteiger partial charge on any atom is -0.481 e. The van der Waals surface area contributed by atoms with Crippen molar-refractivity contribution in [2.24, 2.45) is 0 Å². The Kier molecular flexibility index (Phi) is 9.91. The van der Waals surface area contributed by atoms with Gasteiger partial charge in [0.1, 0.15) is 4.90 Å². The molecule has 0 saturated heterocycles. The Bertz CT molecular complexity index is 1060. The van der Waals surface area contributed by atoms with E-state index in [1.54, 1.807) is 18.2 Å². The lowest BCUT2D eigenvalue weighted by molar-refractivity contribution is -0.137. The molecule has 11 nitrogen and oxygen atoms in total. The van der Waals surface area contributed by atoms with Gasteiger partial charge in [-0.25, -0.2) is 5.43 Å². The Morgan fingerprint density at radius 1 is 1.03 bits per heavy atom. The fourth-order valence-corrected chi connectivity index (χ4v) is 4.24. The number of amides is 2. The fraction of sp³-hybridized carbons (Fsp3) is 0.333. The van der Waals surface area contributed by atoms with Crippen LogP contribution >= 0.6 is 0 Å². The molecule has 0 aliphatic carbocycles. The lowest BCUT2D eigenvalue weighted by Gasteiger charge is -2.24. The standard InChI is InChI=1S/C21H27N5O6S/c1-22-11-5-6-12-24-20(29)17-9-13-23-15-18(17)33(31,32)26(25-14-10-19(27)28)21(30)16-7-3-2-4-8-16/h2-4,7-9,13,15,22,25H,5-6,10-12,14H2,1H3,(H,24,29)(H,27,28). The monoisotopic (exact) mass is 477 g/mol. The van der Waals surface area contributed by atoms with E-state index < -0.39 is 39.1 Å². The van der Waals surface area contributed by atoms with Crippen LogP contribution in [0.5, 0.6) is 0 Å². The molecule has 0 saturated carbocycles. The minimum absolute atomic E-state index is 0.0586. The van der Waals surface area contributed by atoms with Gasteiger partial charge in [0.15, 0.2) is 0 Å². The topological polar surface area (TPSA) is 158 Å². The summed E-state index contributed by atoms with van der Waals surface area (Å²) < 4.78 is 27.2. The smallest absolute Gasteiger partial charge is 0.304 e. The number of carboxylic acids is 1. The van der Waals surface area contributed by atoms with Gasteiger partial charge >= 0.3 is 5.97 Å². The molecule has 0 radical (unpaired) electrons. The minimum atomic E-state index is -4.61. The van der Waals surface area contributed by atoms with Gasteiger partial charge in [-0.05, 0) is 44.6 Å². The number of aliphatic carboxylic acids is 1. The normalized spacial score (nSPS) is 11.1. The van der Waals surface area contributed by atoms with E-state index in [4.69, 9.17) is 5.11 Å². The van der Waals surface area contributed by atoms with Crippen LogP contribution in [0.25, 0.3) is 0 Å². The van der Waals surface area contributed by atoms with Gasteiger partial charge in [0.25, 0.3) is 21.8 Å². The molecule has 12 heteroatoms. The Hall–Kier alpha value is -3.35. The number of rotatable bonds is 13. The number of benzene rings is 1. The quantitative estimate of drug-likeness (QED) is 0.240. The summed E-state index contributed by atoms with van der Waals surface area (Å²) in [6, 6.07) is 8.88. The third-order valence-electron chi connectivity index (χ3n) is 4.49. The zero-order valence-corrected chi connectivity index (χ0v) is 19.0. The average Bonchev–Trinajstić information content (AvgIpc) is 2.81. The summed E-state index contributed by atoms with van der Waals surface area (Å²) in [5.41, 5.74) is 2.25. The van der Waals surface area contributed by atoms with Crippen LogP contribution in [0.1, 0.15) is 40.0 Å². The van der Waals surface area contributed by atoms with Gasteiger partial charge < -0.3 is 15.7 Å². The highest BCUT2D eigenvalue weighted by atomic mass is 32.2. The SMILES string of the molecule is CNCCCCNC(=O)c1ccncc1S(=O)(=O)N(NCCC(=O)O)C(=O)c1ccccc1. The largest absolute Gasteiger partial charge is 0.481 e. The maximum absolute atomic E-state index is 13.4. The van der Waals surface area contributed by atoms with Crippen molar-refractivity contribution in [2.75, 3.05) is 26.7 Å². The number of nitrogens with one attached hydrogen (secondary N) is 3. The van der Waals surface area contributed by atoms with Gasteiger partial charge in [-0.2, -0.15) is 12.8 Å². The van der Waals surface area contributed by atoms with Crippen molar-refractivity contribution >= 4 is 27.8 Å². The van der Waals surface area contributed by atoms with Crippen LogP contribution in [-0.2, 0) is 14.8 Å². The van der Waals surface area contributed by atoms with Crippen molar-refractivity contribution in [3.8, 4) is 0 Å². The van der Waals surface area contributed by atoms with Crippen molar-refractivity contribution in [1.82, 2.24) is 25.5 Å². The fourth-order valence-electron chi connectivity index (χ4n) is 2.82. The molecular weight excluding hydrogens is 450 g/mol. The van der Waals surface area contributed by atoms with E-state index in [0.717, 1.165) is 19.2 Å². The lowest BCUT2D eigenvalue weighted by Crippen LogP contribution is -2.48. The van der Waals surface area contributed by atoms with Crippen molar-refractivity contribution in [1.29, 1.82) is 0 Å². The van der Waals surface area contributed by atoms with Gasteiger partial charge in [-0.15, -0.1) is 0 Å². The highest BCUT2D eigenvalue weighted by Gasteiger charge is 2.34. The molecule has 0 spiro atoms. The molecule has 0 unspecified atom stereocenters. The third-order valence-corrected chi connectivity index (χ3v) is 6.14. The molecular formula is C21H27N5O6S. The zero-order valence-electron chi connectivity index (χ0n) is 18.2. The second-order valence-corrected chi connectivity index (χ2v) is 8.69. The summed E-state index contributed by atoms with van der Waals surface area (Å²) >= 11 is 0. The van der Waals surface area contributed by atoms with Gasteiger partial charge in [0.05, 0.1) is 12.0 Å². The first kappa shape index (κ1) is 25.9. The summed E-state index contributed by atoms with van der Waals surface area (Å²) in [7, 11) is -2.80. The third kappa shape index (κ3) is 7.34. The molecule has 0 fully saturated rings. The number of pyridine rings is 1. The molecule has 178 valence electrons. The van der Waals surface area contributed by atoms with Gasteiger partial charge in [-0.1, -0.05) is 18.2 Å². The Morgan fingerprint density at radius 3 is 2.39 bits per heavy atom. The molecule has 0 bridgehead atoms. The van der Waals surface area contributed by atoms with E-state index in [2.05, 4.69) is 21.0 Å². The number of hydrazine groups is 1. The number of carbonyl (C=O) groups excluding carboxylic acids is 2. The van der Waals surface area contributed by atoms with Crippen LogP contribution in [0.3, 0.4) is 0 Å². The Balaban J connectivity index is 2.34. The maximum Gasteiger partial charge on any atom is 0.304 e. The van der Waals surface area contributed by atoms with Crippen LogP contribution in [0.4, 0.5) is 0 Å². The number of carbonyl (C=O) groups is 3. The number of hydrogen-bond donors (Lipinski definition) is 4. The summed E-state index contributed by atoms with van der Waals surface area (Å²) in [5, 5.41) is 14.6. The molecule has 0 aliphatic heterocycles. The van der Waals surface area contributed by atoms with Crippen LogP contribution in [-0.4, -0.2) is 67.4 Å². The zero-order chi connectivity index (χ0) is 24.3. The summed E-state index contributed by atoms with van der Waals surface area (Å²) in [6.07, 6.45) is 3.34. The van der Waals surface area contributed by atoms with E-state index in [1.165, 1.54) is 24.4 Å². The van der Waals surface area contributed by atoms with Crippen LogP contribution in [0, 0.1) is 0 Å². The molecule has 1 aromatic heterocycles. The number of nitrogens with zero attached hydrogens (tertiary/aromatic N) is 2. The molecule has 1 heterocycles. The number of sulfonamides is 1. The van der Waals surface area contributed by atoms with Gasteiger partial charge in [0, 0.05) is 31.0 Å². The number of unbranched alkanes of at least 4 members (excludes halogenated alkanes) is 1. The molecule has 33 heavy (non-hydrogen) atoms. The first-order valence-corrected chi connectivity index (χ1v) is 11.7. The maximum atomic E-state index is 13.4. The van der Waals surface area contributed by atoms with Crippen molar-refractivity contribution in [3.63, 3.8) is 0 Å².